The van der Waals surface area contributed by atoms with Crippen LogP contribution in [0.4, 0.5) is 14.5 Å². The van der Waals surface area contributed by atoms with Gasteiger partial charge in [-0.2, -0.15) is 5.10 Å². The maximum absolute atomic E-state index is 13.4. The predicted octanol–water partition coefficient (Wildman–Crippen LogP) is 3.60. The van der Waals surface area contributed by atoms with Gasteiger partial charge in [0.15, 0.2) is 11.6 Å². The van der Waals surface area contributed by atoms with E-state index in [-0.39, 0.29) is 11.4 Å². The summed E-state index contributed by atoms with van der Waals surface area (Å²) in [7, 11) is 1.41. The smallest absolute Gasteiger partial charge is 0.165 e. The predicted molar refractivity (Wildman–Crippen MR) is 82.3 cm³/mol. The molecule has 0 radical (unpaired) electrons. The number of benzene rings is 2. The molecule has 0 saturated heterocycles. The number of ether oxygens (including phenoxy) is 1. The summed E-state index contributed by atoms with van der Waals surface area (Å²) in [5, 5.41) is 7.57. The van der Waals surface area contributed by atoms with Crippen molar-refractivity contribution in [2.45, 2.75) is 0 Å². The number of H-pyrrole nitrogens is 1. The number of hydrogen-bond donors (Lipinski definition) is 2. The zero-order valence-corrected chi connectivity index (χ0v) is 11.7. The molecular formula is C16H13F2N3O. The molecule has 22 heavy (non-hydrogen) atoms. The summed E-state index contributed by atoms with van der Waals surface area (Å²) in [5.74, 6) is -0.747. The van der Waals surface area contributed by atoms with Crippen molar-refractivity contribution in [2.24, 2.45) is 0 Å². The molecule has 0 aliphatic carbocycles. The van der Waals surface area contributed by atoms with Crippen molar-refractivity contribution >= 4 is 28.7 Å². The molecule has 0 aliphatic rings. The van der Waals surface area contributed by atoms with Gasteiger partial charge >= 0.3 is 0 Å². The first kappa shape index (κ1) is 14.1. The van der Waals surface area contributed by atoms with Crippen molar-refractivity contribution in [3.63, 3.8) is 0 Å². The second-order valence-electron chi connectivity index (χ2n) is 4.76. The van der Waals surface area contributed by atoms with Gasteiger partial charge in [0.1, 0.15) is 5.82 Å². The minimum Gasteiger partial charge on any atom is -0.494 e. The maximum atomic E-state index is 13.4. The molecule has 4 nitrogen and oxygen atoms in total. The number of nitrogens with zero attached hydrogens (tertiary/aromatic N) is 1. The van der Waals surface area contributed by atoms with Gasteiger partial charge in [0.25, 0.3) is 0 Å². The van der Waals surface area contributed by atoms with Crippen molar-refractivity contribution < 1.29 is 13.5 Å². The lowest BCUT2D eigenvalue weighted by molar-refractivity contribution is 0.386. The molecule has 3 N–H and O–H groups in total. The maximum Gasteiger partial charge on any atom is 0.165 e. The largest absolute Gasteiger partial charge is 0.494 e. The van der Waals surface area contributed by atoms with Gasteiger partial charge in [-0.1, -0.05) is 12.1 Å². The lowest BCUT2D eigenvalue weighted by Gasteiger charge is -2.02. The van der Waals surface area contributed by atoms with Crippen LogP contribution in [0.1, 0.15) is 11.3 Å². The molecular weight excluding hydrogens is 288 g/mol. The fourth-order valence-electron chi connectivity index (χ4n) is 2.16. The first-order valence-electron chi connectivity index (χ1n) is 6.53. The number of anilines is 1. The number of aromatic nitrogens is 2. The van der Waals surface area contributed by atoms with Crippen LogP contribution in [0.25, 0.3) is 23.1 Å². The monoisotopic (exact) mass is 301 g/mol. The second kappa shape index (κ2) is 5.48. The number of halogens is 2. The lowest BCUT2D eigenvalue weighted by atomic mass is 10.1. The highest BCUT2D eigenvalue weighted by Gasteiger charge is 2.07. The fourth-order valence-corrected chi connectivity index (χ4v) is 2.16. The van der Waals surface area contributed by atoms with E-state index in [1.165, 1.54) is 25.3 Å². The van der Waals surface area contributed by atoms with Gasteiger partial charge in [-0.15, -0.1) is 0 Å². The van der Waals surface area contributed by atoms with Gasteiger partial charge < -0.3 is 10.5 Å². The molecule has 0 fully saturated rings. The summed E-state index contributed by atoms with van der Waals surface area (Å²) >= 11 is 0. The van der Waals surface area contributed by atoms with Gasteiger partial charge in [-0.05, 0) is 29.8 Å². The molecule has 0 amide bonds. The molecule has 2 aromatic carbocycles. The Balaban J connectivity index is 1.97. The Morgan fingerprint density at radius 1 is 1.14 bits per heavy atom. The van der Waals surface area contributed by atoms with Crippen LogP contribution in [-0.4, -0.2) is 17.3 Å². The zero-order chi connectivity index (χ0) is 15.7. The highest BCUT2D eigenvalue weighted by Crippen LogP contribution is 2.24. The molecule has 0 saturated carbocycles. The van der Waals surface area contributed by atoms with E-state index >= 15 is 0 Å². The summed E-state index contributed by atoms with van der Waals surface area (Å²) in [6.07, 6.45) is 3.50. The van der Waals surface area contributed by atoms with E-state index in [1.54, 1.807) is 24.3 Å². The van der Waals surface area contributed by atoms with Crippen LogP contribution in [0.2, 0.25) is 0 Å². The minimum absolute atomic E-state index is 0.0620. The Morgan fingerprint density at radius 2 is 1.95 bits per heavy atom. The van der Waals surface area contributed by atoms with E-state index in [1.807, 2.05) is 0 Å². The third kappa shape index (κ3) is 2.50. The Labute approximate surface area is 125 Å². The SMILES string of the molecule is COc1cc(C=Cc2n[nH]c3cc(F)c(N)cc23)ccc1F. The Morgan fingerprint density at radius 3 is 2.73 bits per heavy atom. The topological polar surface area (TPSA) is 63.9 Å². The lowest BCUT2D eigenvalue weighted by Crippen LogP contribution is -1.89. The number of rotatable bonds is 3. The first-order valence-corrected chi connectivity index (χ1v) is 6.53. The third-order valence-electron chi connectivity index (χ3n) is 3.32. The van der Waals surface area contributed by atoms with E-state index in [2.05, 4.69) is 10.2 Å². The molecule has 1 aromatic heterocycles. The summed E-state index contributed by atoms with van der Waals surface area (Å²) in [4.78, 5) is 0. The molecule has 3 aromatic rings. The van der Waals surface area contributed by atoms with Gasteiger partial charge in [0.2, 0.25) is 0 Å². The fraction of sp³-hybridized carbons (Fsp3) is 0.0625. The van der Waals surface area contributed by atoms with Crippen LogP contribution in [-0.2, 0) is 0 Å². The van der Waals surface area contributed by atoms with Crippen molar-refractivity contribution in [3.8, 4) is 5.75 Å². The second-order valence-corrected chi connectivity index (χ2v) is 4.76. The van der Waals surface area contributed by atoms with Gasteiger partial charge in [0, 0.05) is 11.5 Å². The van der Waals surface area contributed by atoms with Crippen molar-refractivity contribution in [3.05, 3.63) is 53.2 Å². The minimum atomic E-state index is -0.491. The molecule has 6 heteroatoms. The summed E-state index contributed by atoms with van der Waals surface area (Å²) < 4.78 is 31.7. The van der Waals surface area contributed by atoms with Gasteiger partial charge in [-0.3, -0.25) is 5.10 Å². The van der Waals surface area contributed by atoms with Gasteiger partial charge in [0.05, 0.1) is 24.0 Å². The Hall–Kier alpha value is -2.89. The number of hydrogen-bond acceptors (Lipinski definition) is 3. The molecule has 0 aliphatic heterocycles. The molecule has 0 bridgehead atoms. The first-order chi connectivity index (χ1) is 10.6. The molecule has 0 spiro atoms. The van der Waals surface area contributed by atoms with E-state index in [4.69, 9.17) is 10.5 Å². The van der Waals surface area contributed by atoms with E-state index < -0.39 is 11.6 Å². The highest BCUT2D eigenvalue weighted by atomic mass is 19.1. The van der Waals surface area contributed by atoms with Gasteiger partial charge in [-0.25, -0.2) is 8.78 Å². The summed E-state index contributed by atoms with van der Waals surface area (Å²) in [6, 6.07) is 7.36. The summed E-state index contributed by atoms with van der Waals surface area (Å²) in [5.41, 5.74) is 7.57. The molecule has 0 unspecified atom stereocenters. The number of fused-ring (bicyclic) bond motifs is 1. The third-order valence-corrected chi connectivity index (χ3v) is 3.32. The molecule has 0 atom stereocenters. The zero-order valence-electron chi connectivity index (χ0n) is 11.7. The Kier molecular flexibility index (Phi) is 3.50. The van der Waals surface area contributed by atoms with Crippen molar-refractivity contribution in [1.29, 1.82) is 0 Å². The highest BCUT2D eigenvalue weighted by molar-refractivity contribution is 5.91. The Bertz CT molecular complexity index is 871. The normalized spacial score (nSPS) is 11.4. The summed E-state index contributed by atoms with van der Waals surface area (Å²) in [6.45, 7) is 0. The number of nitrogens with two attached hydrogens (primary N) is 1. The van der Waals surface area contributed by atoms with E-state index in [0.717, 1.165) is 5.56 Å². The average molecular weight is 301 g/mol. The van der Waals surface area contributed by atoms with Crippen molar-refractivity contribution in [1.82, 2.24) is 10.2 Å². The average Bonchev–Trinajstić information content (AvgIpc) is 2.89. The quantitative estimate of drug-likeness (QED) is 0.726. The van der Waals surface area contributed by atoms with Crippen molar-refractivity contribution in [2.75, 3.05) is 12.8 Å². The van der Waals surface area contributed by atoms with Crippen LogP contribution in [0.5, 0.6) is 5.75 Å². The van der Waals surface area contributed by atoms with Crippen LogP contribution >= 0.6 is 0 Å². The van der Waals surface area contributed by atoms with E-state index in [0.29, 0.717) is 16.6 Å². The van der Waals surface area contributed by atoms with Crippen LogP contribution in [0.3, 0.4) is 0 Å². The molecule has 3 rings (SSSR count). The number of nitrogens with one attached hydrogen (secondary N) is 1. The molecule has 1 heterocycles. The number of aromatic amines is 1. The van der Waals surface area contributed by atoms with Crippen LogP contribution in [0.15, 0.2) is 30.3 Å². The van der Waals surface area contributed by atoms with Crippen LogP contribution in [0, 0.1) is 11.6 Å². The van der Waals surface area contributed by atoms with Crippen LogP contribution < -0.4 is 10.5 Å². The molecule has 112 valence electrons. The number of methoxy groups -OCH3 is 1. The van der Waals surface area contributed by atoms with E-state index in [9.17, 15) is 8.78 Å². The standard InChI is InChI=1S/C16H13F2N3O/c1-22-16-6-9(2-4-11(16)17)3-5-14-10-7-13(19)12(18)8-15(10)21-20-14/h2-8H,19H2,1H3,(H,20,21). The number of nitrogen functional groups attached to an aromatic ring is 1.